The molecule has 10 heteroatoms. The van der Waals surface area contributed by atoms with E-state index in [-0.39, 0.29) is 17.6 Å². The Morgan fingerprint density at radius 2 is 1.87 bits per heavy atom. The maximum absolute atomic E-state index is 12.3. The molecule has 1 saturated carbocycles. The highest BCUT2D eigenvalue weighted by Gasteiger charge is 2.45. The SMILES string of the molecule is O=C(NCc1ccco1)C1CCC2(CCN(C3CCC3)CC2)O1.O=C(O)C(F)(F)F. The first-order chi connectivity index (χ1) is 14.2. The summed E-state index contributed by atoms with van der Waals surface area (Å²) in [4.78, 5) is 23.8. The van der Waals surface area contributed by atoms with Gasteiger partial charge in [0.15, 0.2) is 0 Å². The summed E-state index contributed by atoms with van der Waals surface area (Å²) >= 11 is 0. The second-order valence-corrected chi connectivity index (χ2v) is 8.05. The fourth-order valence-electron chi connectivity index (χ4n) is 4.12. The van der Waals surface area contributed by atoms with Crippen LogP contribution in [0.5, 0.6) is 0 Å². The molecule has 2 N–H and O–H groups in total. The average Bonchev–Trinajstić information content (AvgIpc) is 3.31. The lowest BCUT2D eigenvalue weighted by molar-refractivity contribution is -0.192. The van der Waals surface area contributed by atoms with Gasteiger partial charge in [0, 0.05) is 19.1 Å². The van der Waals surface area contributed by atoms with Crippen LogP contribution in [0.2, 0.25) is 0 Å². The molecule has 1 aromatic rings. The molecular weight excluding hydrogens is 405 g/mol. The van der Waals surface area contributed by atoms with Crippen molar-refractivity contribution in [2.45, 2.75) is 75.4 Å². The molecule has 3 fully saturated rings. The third kappa shape index (κ3) is 5.75. The molecule has 2 aliphatic heterocycles. The lowest BCUT2D eigenvalue weighted by Crippen LogP contribution is -2.50. The minimum atomic E-state index is -5.08. The zero-order valence-electron chi connectivity index (χ0n) is 16.6. The molecule has 1 aromatic heterocycles. The summed E-state index contributed by atoms with van der Waals surface area (Å²) in [6, 6.07) is 4.52. The van der Waals surface area contributed by atoms with E-state index < -0.39 is 12.1 Å². The molecule has 0 aromatic carbocycles. The van der Waals surface area contributed by atoms with Crippen molar-refractivity contribution in [3.63, 3.8) is 0 Å². The molecule has 7 nitrogen and oxygen atoms in total. The molecule has 1 atom stereocenters. The predicted molar refractivity (Wildman–Crippen MR) is 99.5 cm³/mol. The van der Waals surface area contributed by atoms with Gasteiger partial charge >= 0.3 is 12.1 Å². The van der Waals surface area contributed by atoms with Gasteiger partial charge in [-0.1, -0.05) is 6.42 Å². The number of aliphatic carboxylic acids is 1. The number of carbonyl (C=O) groups is 2. The van der Waals surface area contributed by atoms with E-state index in [1.165, 1.54) is 19.3 Å². The van der Waals surface area contributed by atoms with Gasteiger partial charge in [-0.3, -0.25) is 4.79 Å². The normalized spacial score (nSPS) is 24.0. The standard InChI is InChI=1S/C18H26N2O3.C2HF3O2/c21-17(19-13-15-5-2-12-22-15)16-6-7-18(23-16)8-10-20(11-9-18)14-3-1-4-14;3-2(4,5)1(6)7/h2,5,12,14,16H,1,3-4,6-11,13H2,(H,19,21);(H,6,7). The number of halogens is 3. The van der Waals surface area contributed by atoms with E-state index in [1.807, 2.05) is 12.1 Å². The lowest BCUT2D eigenvalue weighted by Gasteiger charge is -2.45. The van der Waals surface area contributed by atoms with Crippen LogP contribution in [-0.4, -0.2) is 58.9 Å². The molecule has 1 spiro atoms. The topological polar surface area (TPSA) is 92.0 Å². The number of rotatable bonds is 4. The molecule has 3 heterocycles. The molecule has 1 amide bonds. The quantitative estimate of drug-likeness (QED) is 0.760. The monoisotopic (exact) mass is 432 g/mol. The van der Waals surface area contributed by atoms with E-state index in [9.17, 15) is 18.0 Å². The van der Waals surface area contributed by atoms with E-state index >= 15 is 0 Å². The van der Waals surface area contributed by atoms with E-state index in [2.05, 4.69) is 10.2 Å². The molecule has 2 saturated heterocycles. The Morgan fingerprint density at radius 3 is 2.37 bits per heavy atom. The highest BCUT2D eigenvalue weighted by molar-refractivity contribution is 5.81. The van der Waals surface area contributed by atoms with Crippen molar-refractivity contribution in [3.05, 3.63) is 24.2 Å². The number of alkyl halides is 3. The number of hydrogen-bond acceptors (Lipinski definition) is 5. The van der Waals surface area contributed by atoms with Crippen molar-refractivity contribution < 1.29 is 37.0 Å². The van der Waals surface area contributed by atoms with Gasteiger partial charge in [0.1, 0.15) is 11.9 Å². The zero-order chi connectivity index (χ0) is 21.8. The molecule has 0 bridgehead atoms. The van der Waals surface area contributed by atoms with Crippen molar-refractivity contribution in [1.29, 1.82) is 0 Å². The number of furan rings is 1. The lowest BCUT2D eigenvalue weighted by atomic mass is 9.84. The van der Waals surface area contributed by atoms with Gasteiger partial charge in [-0.25, -0.2) is 4.79 Å². The summed E-state index contributed by atoms with van der Waals surface area (Å²) in [6.45, 7) is 2.70. The predicted octanol–water partition coefficient (Wildman–Crippen LogP) is 3.10. The molecular formula is C20H27F3N2O5. The van der Waals surface area contributed by atoms with E-state index in [0.717, 1.165) is 50.6 Å². The zero-order valence-corrected chi connectivity index (χ0v) is 16.6. The fourth-order valence-corrected chi connectivity index (χ4v) is 4.12. The van der Waals surface area contributed by atoms with Gasteiger partial charge in [0.25, 0.3) is 0 Å². The largest absolute Gasteiger partial charge is 0.490 e. The number of nitrogens with one attached hydrogen (secondary N) is 1. The first kappa shape index (κ1) is 22.6. The van der Waals surface area contributed by atoms with Crippen LogP contribution in [0.15, 0.2) is 22.8 Å². The van der Waals surface area contributed by atoms with Gasteiger partial charge in [-0.2, -0.15) is 13.2 Å². The minimum Gasteiger partial charge on any atom is -0.475 e. The Hall–Kier alpha value is -2.07. The summed E-state index contributed by atoms with van der Waals surface area (Å²) in [5.41, 5.74) is -0.0487. The van der Waals surface area contributed by atoms with Crippen LogP contribution in [0.4, 0.5) is 13.2 Å². The third-order valence-corrected chi connectivity index (χ3v) is 6.11. The Balaban J connectivity index is 0.000000318. The summed E-state index contributed by atoms with van der Waals surface area (Å²) in [5, 5.41) is 10.1. The Bertz CT molecular complexity index is 711. The summed E-state index contributed by atoms with van der Waals surface area (Å²) < 4.78 is 43.2. The van der Waals surface area contributed by atoms with Gasteiger partial charge in [0.2, 0.25) is 5.91 Å². The molecule has 0 radical (unpaired) electrons. The van der Waals surface area contributed by atoms with Gasteiger partial charge in [-0.05, 0) is 50.7 Å². The van der Waals surface area contributed by atoms with Crippen LogP contribution >= 0.6 is 0 Å². The third-order valence-electron chi connectivity index (χ3n) is 6.11. The first-order valence-electron chi connectivity index (χ1n) is 10.2. The second-order valence-electron chi connectivity index (χ2n) is 8.05. The second kappa shape index (κ2) is 9.38. The number of nitrogens with zero attached hydrogens (tertiary/aromatic N) is 1. The van der Waals surface area contributed by atoms with Crippen molar-refractivity contribution in [2.24, 2.45) is 0 Å². The van der Waals surface area contributed by atoms with Gasteiger partial charge in [0.05, 0.1) is 18.4 Å². The van der Waals surface area contributed by atoms with Gasteiger partial charge in [-0.15, -0.1) is 0 Å². The number of carbonyl (C=O) groups excluding carboxylic acids is 1. The Morgan fingerprint density at radius 1 is 1.20 bits per heavy atom. The van der Waals surface area contributed by atoms with Crippen LogP contribution in [0.1, 0.15) is 50.7 Å². The van der Waals surface area contributed by atoms with Crippen LogP contribution in [0.3, 0.4) is 0 Å². The van der Waals surface area contributed by atoms with Crippen molar-refractivity contribution in [2.75, 3.05) is 13.1 Å². The van der Waals surface area contributed by atoms with E-state index in [1.54, 1.807) is 6.26 Å². The maximum Gasteiger partial charge on any atom is 0.490 e. The number of ether oxygens (including phenoxy) is 1. The molecule has 1 aliphatic carbocycles. The summed E-state index contributed by atoms with van der Waals surface area (Å²) in [6.07, 6.45) is 4.38. The van der Waals surface area contributed by atoms with Crippen LogP contribution in [-0.2, 0) is 20.9 Å². The molecule has 4 rings (SSSR count). The first-order valence-corrected chi connectivity index (χ1v) is 10.2. The number of likely N-dealkylation sites (tertiary alicyclic amines) is 1. The van der Waals surface area contributed by atoms with Crippen LogP contribution in [0.25, 0.3) is 0 Å². The van der Waals surface area contributed by atoms with Crippen molar-refractivity contribution >= 4 is 11.9 Å². The van der Waals surface area contributed by atoms with E-state index in [4.69, 9.17) is 19.1 Å². The number of hydrogen-bond donors (Lipinski definition) is 2. The molecule has 1 unspecified atom stereocenters. The number of carboxylic acid groups (broad SMARTS) is 1. The number of carboxylic acids is 1. The van der Waals surface area contributed by atoms with Crippen molar-refractivity contribution in [1.82, 2.24) is 10.2 Å². The van der Waals surface area contributed by atoms with Crippen LogP contribution < -0.4 is 5.32 Å². The summed E-state index contributed by atoms with van der Waals surface area (Å²) in [5.74, 6) is -1.98. The van der Waals surface area contributed by atoms with E-state index in [0.29, 0.717) is 6.54 Å². The minimum absolute atomic E-state index is 0.000280. The average molecular weight is 432 g/mol. The number of amides is 1. The highest BCUT2D eigenvalue weighted by atomic mass is 19.4. The van der Waals surface area contributed by atoms with Gasteiger partial charge < -0.3 is 24.5 Å². The van der Waals surface area contributed by atoms with Crippen molar-refractivity contribution in [3.8, 4) is 0 Å². The fraction of sp³-hybridized carbons (Fsp3) is 0.700. The molecule has 30 heavy (non-hydrogen) atoms. The maximum atomic E-state index is 12.3. The summed E-state index contributed by atoms with van der Waals surface area (Å²) in [7, 11) is 0. The Kier molecular flexibility index (Phi) is 7.07. The molecule has 3 aliphatic rings. The van der Waals surface area contributed by atoms with Crippen LogP contribution in [0, 0.1) is 0 Å². The molecule has 168 valence electrons. The number of piperidine rings is 1. The highest BCUT2D eigenvalue weighted by Crippen LogP contribution is 2.40. The smallest absolute Gasteiger partial charge is 0.475 e. The Labute approximate surface area is 172 Å².